The Balaban J connectivity index is 1.92. The maximum Gasteiger partial charge on any atom is 0.143 e. The highest BCUT2D eigenvalue weighted by Gasteiger charge is 2.29. The molecule has 0 aliphatic heterocycles. The zero-order valence-electron chi connectivity index (χ0n) is 18.3. The van der Waals surface area contributed by atoms with Gasteiger partial charge < -0.3 is 9.30 Å². The lowest BCUT2D eigenvalue weighted by molar-refractivity contribution is 0.121. The highest BCUT2D eigenvalue weighted by atomic mass is 35.5. The van der Waals surface area contributed by atoms with Crippen LogP contribution in [0.15, 0.2) is 24.5 Å². The molecule has 1 saturated carbocycles. The molecule has 0 amide bonds. The van der Waals surface area contributed by atoms with Crippen LogP contribution >= 0.6 is 11.6 Å². The third kappa shape index (κ3) is 4.44. The summed E-state index contributed by atoms with van der Waals surface area (Å²) in [5.74, 6) is 2.23. The number of pyridine rings is 2. The highest BCUT2D eigenvalue weighted by Crippen LogP contribution is 2.39. The molecule has 1 aliphatic carbocycles. The fraction of sp³-hybridized carbons (Fsp3) is 0.500. The van der Waals surface area contributed by atoms with Gasteiger partial charge in [0.25, 0.3) is 0 Å². The third-order valence-corrected chi connectivity index (χ3v) is 6.63. The quantitative estimate of drug-likeness (QED) is 0.476. The fourth-order valence-corrected chi connectivity index (χ4v) is 4.86. The van der Waals surface area contributed by atoms with Crippen LogP contribution < -0.4 is 0 Å². The van der Waals surface area contributed by atoms with E-state index in [0.29, 0.717) is 35.5 Å². The van der Waals surface area contributed by atoms with Crippen molar-refractivity contribution in [2.75, 3.05) is 6.61 Å². The molecule has 1 unspecified atom stereocenters. The predicted octanol–water partition coefficient (Wildman–Crippen LogP) is 5.94. The summed E-state index contributed by atoms with van der Waals surface area (Å²) >= 11 is 6.23. The number of nitriles is 1. The number of nitrogens with zero attached hydrogens (tertiary/aromatic N) is 5. The lowest BCUT2D eigenvalue weighted by Crippen LogP contribution is -2.23. The Labute approximate surface area is 188 Å². The summed E-state index contributed by atoms with van der Waals surface area (Å²) in [4.78, 5) is 13.8. The van der Waals surface area contributed by atoms with Gasteiger partial charge in [-0.1, -0.05) is 31.4 Å². The van der Waals surface area contributed by atoms with E-state index in [1.54, 1.807) is 18.5 Å². The van der Waals surface area contributed by atoms with Crippen molar-refractivity contribution in [2.45, 2.75) is 59.1 Å². The number of hydrogen-bond donors (Lipinski definition) is 0. The molecule has 1 fully saturated rings. The van der Waals surface area contributed by atoms with E-state index in [4.69, 9.17) is 21.3 Å². The summed E-state index contributed by atoms with van der Waals surface area (Å²) < 4.78 is 8.05. The minimum absolute atomic E-state index is 0.244. The normalized spacial score (nSPS) is 20.0. The first-order valence-corrected chi connectivity index (χ1v) is 11.4. The van der Waals surface area contributed by atoms with Gasteiger partial charge in [0.05, 0.1) is 21.7 Å². The van der Waals surface area contributed by atoms with Crippen LogP contribution in [-0.2, 0) is 11.3 Å². The van der Waals surface area contributed by atoms with Crippen molar-refractivity contribution in [3.05, 3.63) is 41.1 Å². The van der Waals surface area contributed by atoms with Gasteiger partial charge in [-0.15, -0.1) is 0 Å². The van der Waals surface area contributed by atoms with Gasteiger partial charge in [-0.05, 0) is 44.6 Å². The molecule has 0 radical (unpaired) electrons. The van der Waals surface area contributed by atoms with Gasteiger partial charge in [0, 0.05) is 36.7 Å². The number of halogens is 1. The molecule has 0 aromatic carbocycles. The van der Waals surface area contributed by atoms with E-state index in [2.05, 4.69) is 34.5 Å². The van der Waals surface area contributed by atoms with Crippen LogP contribution in [0.2, 0.25) is 5.02 Å². The van der Waals surface area contributed by atoms with Crippen LogP contribution in [-0.4, -0.2) is 26.1 Å². The number of imidazole rings is 1. The summed E-state index contributed by atoms with van der Waals surface area (Å²) in [6, 6.07) is 6.01. The number of hydrogen-bond acceptors (Lipinski definition) is 5. The first kappa shape index (κ1) is 21.7. The summed E-state index contributed by atoms with van der Waals surface area (Å²) in [7, 11) is 0. The first-order chi connectivity index (χ1) is 15.0. The van der Waals surface area contributed by atoms with Crippen LogP contribution in [0.5, 0.6) is 0 Å². The van der Waals surface area contributed by atoms with Gasteiger partial charge in [-0.3, -0.25) is 4.98 Å². The molecule has 0 saturated heterocycles. The molecule has 0 bridgehead atoms. The second kappa shape index (κ2) is 9.33. The van der Waals surface area contributed by atoms with Crippen molar-refractivity contribution in [2.24, 2.45) is 11.8 Å². The zero-order valence-corrected chi connectivity index (χ0v) is 19.1. The maximum atomic E-state index is 9.56. The molecule has 3 aromatic rings. The highest BCUT2D eigenvalue weighted by molar-refractivity contribution is 6.30. The Hall–Kier alpha value is -2.49. The molecule has 7 heteroatoms. The second-order valence-electron chi connectivity index (χ2n) is 8.52. The van der Waals surface area contributed by atoms with Crippen molar-refractivity contribution in [3.8, 4) is 17.3 Å². The molecule has 0 N–H and O–H groups in total. The average molecular weight is 438 g/mol. The smallest absolute Gasteiger partial charge is 0.143 e. The molecule has 31 heavy (non-hydrogen) atoms. The van der Waals surface area contributed by atoms with E-state index in [1.807, 2.05) is 13.0 Å². The molecule has 3 heterocycles. The molecule has 4 rings (SSSR count). The Morgan fingerprint density at radius 1 is 1.23 bits per heavy atom. The molecule has 0 spiro atoms. The Bertz CT molecular complexity index is 1110. The van der Waals surface area contributed by atoms with Crippen LogP contribution in [0, 0.1) is 23.2 Å². The standard InChI is InChI=1S/C24H28ClN5O/c1-4-31-14-22-29-21-10-20(11-26)28-23(18-9-19(25)13-27-12-18)24(21)30(22)16(3)17-7-5-15(2)6-8-17/h9-10,12-13,15-17H,4-8,14H2,1-3H3. The number of ether oxygens (including phenoxy) is 1. The number of fused-ring (bicyclic) bond motifs is 1. The minimum atomic E-state index is 0.244. The third-order valence-electron chi connectivity index (χ3n) is 6.42. The van der Waals surface area contributed by atoms with Crippen LogP contribution in [0.1, 0.15) is 64.0 Å². The SMILES string of the molecule is CCOCc1nc2cc(C#N)nc(-c3cncc(Cl)c3)c2n1C(C)C1CCC(C)CC1. The molecule has 3 aromatic heterocycles. The fourth-order valence-electron chi connectivity index (χ4n) is 4.68. The Kier molecular flexibility index (Phi) is 6.54. The van der Waals surface area contributed by atoms with E-state index in [9.17, 15) is 5.26 Å². The number of rotatable bonds is 6. The molecule has 1 aliphatic rings. The van der Waals surface area contributed by atoms with E-state index in [1.165, 1.54) is 25.7 Å². The van der Waals surface area contributed by atoms with Crippen molar-refractivity contribution >= 4 is 22.6 Å². The van der Waals surface area contributed by atoms with Crippen molar-refractivity contribution in [1.82, 2.24) is 19.5 Å². The van der Waals surface area contributed by atoms with Gasteiger partial charge in [-0.2, -0.15) is 5.26 Å². The first-order valence-electron chi connectivity index (χ1n) is 11.0. The van der Waals surface area contributed by atoms with Crippen molar-refractivity contribution in [3.63, 3.8) is 0 Å². The topological polar surface area (TPSA) is 76.6 Å². The lowest BCUT2D eigenvalue weighted by atomic mass is 9.79. The molecule has 1 atom stereocenters. The zero-order chi connectivity index (χ0) is 22.0. The predicted molar refractivity (Wildman–Crippen MR) is 122 cm³/mol. The average Bonchev–Trinajstić information content (AvgIpc) is 3.15. The molecule has 162 valence electrons. The molecular weight excluding hydrogens is 410 g/mol. The van der Waals surface area contributed by atoms with E-state index < -0.39 is 0 Å². The minimum Gasteiger partial charge on any atom is -0.374 e. The maximum absolute atomic E-state index is 9.56. The van der Waals surface area contributed by atoms with Gasteiger partial charge in [0.1, 0.15) is 24.2 Å². The van der Waals surface area contributed by atoms with Crippen molar-refractivity contribution < 1.29 is 4.74 Å². The van der Waals surface area contributed by atoms with E-state index in [0.717, 1.165) is 28.3 Å². The Morgan fingerprint density at radius 3 is 2.68 bits per heavy atom. The Morgan fingerprint density at radius 2 is 2.00 bits per heavy atom. The van der Waals surface area contributed by atoms with Gasteiger partial charge in [-0.25, -0.2) is 9.97 Å². The van der Waals surface area contributed by atoms with Crippen LogP contribution in [0.25, 0.3) is 22.3 Å². The summed E-state index contributed by atoms with van der Waals surface area (Å²) in [5, 5.41) is 10.1. The van der Waals surface area contributed by atoms with Gasteiger partial charge in [0.15, 0.2) is 0 Å². The van der Waals surface area contributed by atoms with E-state index in [-0.39, 0.29) is 6.04 Å². The summed E-state index contributed by atoms with van der Waals surface area (Å²) in [5.41, 5.74) is 3.48. The lowest BCUT2D eigenvalue weighted by Gasteiger charge is -2.32. The number of aromatic nitrogens is 4. The second-order valence-corrected chi connectivity index (χ2v) is 8.96. The summed E-state index contributed by atoms with van der Waals surface area (Å²) in [6.45, 7) is 7.64. The molecular formula is C24H28ClN5O. The van der Waals surface area contributed by atoms with Gasteiger partial charge in [0.2, 0.25) is 0 Å². The van der Waals surface area contributed by atoms with Crippen LogP contribution in [0.3, 0.4) is 0 Å². The van der Waals surface area contributed by atoms with Gasteiger partial charge >= 0.3 is 0 Å². The summed E-state index contributed by atoms with van der Waals surface area (Å²) in [6.07, 6.45) is 8.25. The monoisotopic (exact) mass is 437 g/mol. The molecule has 6 nitrogen and oxygen atoms in total. The van der Waals surface area contributed by atoms with Crippen molar-refractivity contribution in [1.29, 1.82) is 5.26 Å². The van der Waals surface area contributed by atoms with Crippen LogP contribution in [0.4, 0.5) is 0 Å². The largest absolute Gasteiger partial charge is 0.374 e. The van der Waals surface area contributed by atoms with E-state index >= 15 is 0 Å².